The minimum absolute atomic E-state index is 0.0648. The van der Waals surface area contributed by atoms with Crippen LogP contribution in [0.1, 0.15) is 98.9 Å². The molecule has 0 radical (unpaired) electrons. The molecule has 0 N–H and O–H groups in total. The highest BCUT2D eigenvalue weighted by Crippen LogP contribution is 2.18. The number of nitrogens with zero attached hydrogens (tertiary/aromatic N) is 3. The molecule has 0 unspecified atom stereocenters. The lowest BCUT2D eigenvalue weighted by Gasteiger charge is -2.15. The quantitative estimate of drug-likeness (QED) is 0.0300. The summed E-state index contributed by atoms with van der Waals surface area (Å²) >= 11 is 0. The number of pyridine rings is 3. The third-order valence-electron chi connectivity index (χ3n) is 10.3. The SMILES string of the molecule is CCC.CCC.COC(=O)CC(=O)OC.COC(C)OC.COCOC.COCc1cccc(COC)c1.COCc1cccc(COC)n1.CO[Si](C)(C)OC.COc1cccc(OC)c1.COc1cccc(OC)n1.Cc1cccc(C)c1.Cc1cccc(C)n1. The van der Waals surface area contributed by atoms with Crippen molar-refractivity contribution in [2.24, 2.45) is 0 Å². The van der Waals surface area contributed by atoms with Crippen molar-refractivity contribution in [2.45, 2.75) is 127 Å². The average molecular weight is 1330 g/mol. The molecule has 0 amide bonds. The molecule has 3 aromatic heterocycles. The van der Waals surface area contributed by atoms with Crippen LogP contribution in [0.4, 0.5) is 0 Å². The lowest BCUT2D eigenvalue weighted by Crippen LogP contribution is -2.31. The summed E-state index contributed by atoms with van der Waals surface area (Å²) in [6.45, 7) is 25.3. The number of ether oxygens (including phenoxy) is 14. The minimum atomic E-state index is -1.65. The molecule has 0 saturated heterocycles. The van der Waals surface area contributed by atoms with E-state index in [0.717, 1.165) is 34.3 Å². The van der Waals surface area contributed by atoms with Gasteiger partial charge >= 0.3 is 20.5 Å². The van der Waals surface area contributed by atoms with E-state index >= 15 is 0 Å². The van der Waals surface area contributed by atoms with E-state index in [1.54, 1.807) is 112 Å². The molecule has 0 atom stereocenters. The molecule has 0 aliphatic rings. The van der Waals surface area contributed by atoms with Crippen molar-refractivity contribution in [3.63, 3.8) is 0 Å². The third-order valence-corrected chi connectivity index (χ3v) is 12.2. The second kappa shape index (κ2) is 70.9. The highest BCUT2D eigenvalue weighted by atomic mass is 28.4. The Morgan fingerprint density at radius 2 is 0.763 bits per heavy atom. The maximum absolute atomic E-state index is 10.3. The fourth-order valence-corrected chi connectivity index (χ4v) is 5.69. The molecule has 0 aliphatic carbocycles. The molecule has 0 aliphatic heterocycles. The molecule has 93 heavy (non-hydrogen) atoms. The summed E-state index contributed by atoms with van der Waals surface area (Å²) in [7, 11) is 23.6. The summed E-state index contributed by atoms with van der Waals surface area (Å²) in [4.78, 5) is 33.0. The molecule has 22 heteroatoms. The number of carbonyl (C=O) groups is 2. The van der Waals surface area contributed by atoms with Gasteiger partial charge in [-0.25, -0.2) is 0 Å². The number of aromatic nitrogens is 3. The molecule has 0 fully saturated rings. The number of esters is 2. The van der Waals surface area contributed by atoms with Crippen LogP contribution in [0.25, 0.3) is 0 Å². The van der Waals surface area contributed by atoms with Gasteiger partial charge in [-0.05, 0) is 95.2 Å². The summed E-state index contributed by atoms with van der Waals surface area (Å²) in [6, 6.07) is 41.3. The molecule has 0 spiro atoms. The Bertz CT molecular complexity index is 2310. The van der Waals surface area contributed by atoms with Crippen molar-refractivity contribution in [3.8, 4) is 23.3 Å². The van der Waals surface area contributed by atoms with Gasteiger partial charge in [0.15, 0.2) is 6.29 Å². The molecular formula is C71H119N3O18Si. The molecule has 530 valence electrons. The zero-order chi connectivity index (χ0) is 72.1. The second-order valence-electron chi connectivity index (χ2n) is 19.1. The number of rotatable bonds is 20. The van der Waals surface area contributed by atoms with Crippen LogP contribution in [0.5, 0.6) is 23.3 Å². The van der Waals surface area contributed by atoms with Crippen molar-refractivity contribution < 1.29 is 84.8 Å². The van der Waals surface area contributed by atoms with Gasteiger partial charge in [0.1, 0.15) is 24.7 Å². The fourth-order valence-electron chi connectivity index (χ4n) is 5.53. The average Bonchev–Trinajstić information content (AvgIpc) is 2.95. The van der Waals surface area contributed by atoms with Crippen LogP contribution in [0.2, 0.25) is 13.1 Å². The van der Waals surface area contributed by atoms with E-state index < -0.39 is 20.5 Å². The van der Waals surface area contributed by atoms with Crippen LogP contribution in [0.3, 0.4) is 0 Å². The van der Waals surface area contributed by atoms with Crippen molar-refractivity contribution in [2.75, 3.05) is 121 Å². The van der Waals surface area contributed by atoms with E-state index in [0.29, 0.717) is 45.0 Å². The number of benzene rings is 3. The maximum Gasteiger partial charge on any atom is 0.331 e. The first kappa shape index (κ1) is 97.2. The minimum Gasteiger partial charge on any atom is -0.497 e. The lowest BCUT2D eigenvalue weighted by molar-refractivity contribution is -0.151. The smallest absolute Gasteiger partial charge is 0.331 e. The zero-order valence-electron chi connectivity index (χ0n) is 61.5. The molecular weight excluding hydrogens is 1210 g/mol. The van der Waals surface area contributed by atoms with Crippen molar-refractivity contribution >= 4 is 20.5 Å². The van der Waals surface area contributed by atoms with E-state index in [1.165, 1.54) is 49.3 Å². The first-order chi connectivity index (χ1) is 44.4. The molecule has 0 bridgehead atoms. The second-order valence-corrected chi connectivity index (χ2v) is 22.8. The van der Waals surface area contributed by atoms with E-state index in [1.807, 2.05) is 119 Å². The molecule has 21 nitrogen and oxygen atoms in total. The van der Waals surface area contributed by atoms with Gasteiger partial charge in [0.2, 0.25) is 11.8 Å². The maximum atomic E-state index is 10.3. The summed E-state index contributed by atoms with van der Waals surface area (Å²) in [6.07, 6.45) is 2.12. The highest BCUT2D eigenvalue weighted by molar-refractivity contribution is 6.64. The Kier molecular flexibility index (Phi) is 74.1. The van der Waals surface area contributed by atoms with Gasteiger partial charge in [-0.1, -0.05) is 124 Å². The van der Waals surface area contributed by atoms with Crippen LogP contribution < -0.4 is 18.9 Å². The fraction of sp³-hybridized carbons (Fsp3) is 0.507. The topological polar surface area (TPSA) is 220 Å². The van der Waals surface area contributed by atoms with Crippen LogP contribution in [-0.2, 0) is 92.2 Å². The van der Waals surface area contributed by atoms with Crippen LogP contribution >= 0.6 is 0 Å². The van der Waals surface area contributed by atoms with Crippen molar-refractivity contribution in [1.29, 1.82) is 0 Å². The number of methoxy groups -OCH3 is 14. The predicted octanol–water partition coefficient (Wildman–Crippen LogP) is 14.6. The lowest BCUT2D eigenvalue weighted by atomic mass is 10.1. The van der Waals surface area contributed by atoms with Gasteiger partial charge in [0.05, 0.1) is 80.5 Å². The normalized spacial score (nSPS) is 9.33. The summed E-state index contributed by atoms with van der Waals surface area (Å²) in [5.41, 5.74) is 9.10. The largest absolute Gasteiger partial charge is 0.497 e. The van der Waals surface area contributed by atoms with Gasteiger partial charge in [-0.2, -0.15) is 4.98 Å². The Balaban J connectivity index is -0.000000226. The zero-order valence-corrected chi connectivity index (χ0v) is 62.5. The highest BCUT2D eigenvalue weighted by Gasteiger charge is 2.19. The van der Waals surface area contributed by atoms with E-state index in [-0.39, 0.29) is 12.7 Å². The molecule has 0 saturated carbocycles. The predicted molar refractivity (Wildman–Crippen MR) is 374 cm³/mol. The Morgan fingerprint density at radius 3 is 1.02 bits per heavy atom. The Labute approximate surface area is 561 Å². The van der Waals surface area contributed by atoms with E-state index in [2.05, 4.69) is 115 Å². The summed E-state index contributed by atoms with van der Waals surface area (Å²) in [5.74, 6) is 1.61. The van der Waals surface area contributed by atoms with Crippen molar-refractivity contribution in [1.82, 2.24) is 15.0 Å². The third kappa shape index (κ3) is 67.8. The summed E-state index contributed by atoms with van der Waals surface area (Å²) < 4.78 is 76.3. The van der Waals surface area contributed by atoms with Crippen molar-refractivity contribution in [3.05, 3.63) is 172 Å². The van der Waals surface area contributed by atoms with Crippen LogP contribution in [0.15, 0.2) is 127 Å². The number of aryl methyl sites for hydroxylation is 4. The van der Waals surface area contributed by atoms with Gasteiger partial charge in [0.25, 0.3) is 0 Å². The van der Waals surface area contributed by atoms with Gasteiger partial charge in [-0.3, -0.25) is 19.6 Å². The van der Waals surface area contributed by atoms with E-state index in [9.17, 15) is 9.59 Å². The van der Waals surface area contributed by atoms with Gasteiger partial charge < -0.3 is 75.2 Å². The van der Waals surface area contributed by atoms with E-state index in [4.69, 9.17) is 46.7 Å². The van der Waals surface area contributed by atoms with Gasteiger partial charge in [-0.15, -0.1) is 0 Å². The first-order valence-corrected chi connectivity index (χ1v) is 32.7. The number of hydrogen-bond donors (Lipinski definition) is 0. The first-order valence-electron chi connectivity index (χ1n) is 29.8. The standard InChI is InChI=1S/C10H14O2.C9H13NO2.C8H10O2.C8H10.C7H9NO2.C7H9N.C5H8O4.C4H12O2Si.C4H10O2.C3H8O2.2C3H8/c1-11-7-9-4-3-5-10(6-9)8-12-2;1-11-6-8-4-3-5-9(10-8)7-12-2;1-9-7-4-3-5-8(6-7)10-2;1-7-4-3-5-8(2)6-7;1-9-6-4-3-5-7(8-6)10-2;1-6-4-3-5-7(2)8-6;1-8-4(6)3-5(7)9-2;1-5-7(3,4)6-2;1-4(5-2)6-3;1-4-3-5-2;2*1-3-2/h3-6H,7-8H2,1-2H3;3-5H,6-7H2,1-2H3;3-6H,1-2H3;3-6H,1-2H3;3-5H,1-2H3;3-5H,1-2H3;3H2,1-2H3;1-4H3;4H,1-3H3;3H2,1-2H3;2*3H2,1-2H3. The molecule has 6 rings (SSSR count). The van der Waals surface area contributed by atoms with Gasteiger partial charge in [0, 0.05) is 101 Å². The Morgan fingerprint density at radius 1 is 0.409 bits per heavy atom. The van der Waals surface area contributed by atoms with Crippen LogP contribution in [-0.4, -0.2) is 162 Å². The van der Waals surface area contributed by atoms with Crippen LogP contribution in [0, 0.1) is 27.7 Å². The Hall–Kier alpha value is -6.93. The molecule has 6 aromatic rings. The molecule has 3 heterocycles. The number of hydrogen-bond acceptors (Lipinski definition) is 21. The molecule has 3 aromatic carbocycles. The monoisotopic (exact) mass is 1330 g/mol. The number of carbonyl (C=O) groups excluding carboxylic acids is 2. The summed E-state index contributed by atoms with van der Waals surface area (Å²) in [5, 5.41) is 0.